The van der Waals surface area contributed by atoms with Crippen LogP contribution in [0.3, 0.4) is 0 Å². The predicted octanol–water partition coefficient (Wildman–Crippen LogP) is 6.17. The van der Waals surface area contributed by atoms with Crippen LogP contribution in [0.15, 0.2) is 63.6 Å². The number of hydrogen-bond acceptors (Lipinski definition) is 5. The monoisotopic (exact) mass is 469 g/mol. The normalized spacial score (nSPS) is 16.3. The van der Waals surface area contributed by atoms with Crippen molar-refractivity contribution in [1.29, 1.82) is 5.26 Å². The van der Waals surface area contributed by atoms with E-state index in [9.17, 15) is 10.1 Å². The molecule has 0 aliphatic carbocycles. The fraction of sp³-hybridized carbons (Fsp3) is 0.130. The maximum absolute atomic E-state index is 12.6. The molecule has 2 aromatic carbocycles. The molecule has 2 heterocycles. The Labute approximate surface area is 195 Å². The average Bonchev–Trinajstić information content (AvgIpc) is 3.22. The molecule has 5 nitrogen and oxygen atoms in total. The Balaban J connectivity index is 1.85. The van der Waals surface area contributed by atoms with E-state index in [4.69, 9.17) is 27.6 Å². The Morgan fingerprint density at radius 1 is 1.13 bits per heavy atom. The highest BCUT2D eigenvalue weighted by atomic mass is 35.5. The lowest BCUT2D eigenvalue weighted by Gasteiger charge is -2.37. The summed E-state index contributed by atoms with van der Waals surface area (Å²) in [7, 11) is 0. The maximum atomic E-state index is 12.6. The number of hydrogen-bond donors (Lipinski definition) is 2. The van der Waals surface area contributed by atoms with E-state index in [2.05, 4.69) is 17.9 Å². The van der Waals surface area contributed by atoms with E-state index in [0.29, 0.717) is 27.1 Å². The Bertz CT molecular complexity index is 1280. The van der Waals surface area contributed by atoms with Crippen LogP contribution >= 0.6 is 35.8 Å². The van der Waals surface area contributed by atoms with Crippen molar-refractivity contribution in [2.24, 2.45) is 0 Å². The summed E-state index contributed by atoms with van der Waals surface area (Å²) in [6.45, 7) is 3.92. The quantitative estimate of drug-likeness (QED) is 0.449. The van der Waals surface area contributed by atoms with Crippen molar-refractivity contribution in [3.05, 3.63) is 86.1 Å². The minimum atomic E-state index is -0.704. The van der Waals surface area contributed by atoms with Gasteiger partial charge in [0.25, 0.3) is 5.91 Å². The van der Waals surface area contributed by atoms with Crippen LogP contribution in [0.1, 0.15) is 23.1 Å². The highest BCUT2D eigenvalue weighted by molar-refractivity contribution is 7.84. The van der Waals surface area contributed by atoms with Gasteiger partial charge >= 0.3 is 0 Å². The first kappa shape index (κ1) is 21.4. The summed E-state index contributed by atoms with van der Waals surface area (Å²) in [6, 6.07) is 16.5. The zero-order valence-corrected chi connectivity index (χ0v) is 19.0. The molecule has 0 spiro atoms. The number of thiol groups is 1. The lowest BCUT2D eigenvalue weighted by molar-refractivity contribution is -0.118. The second-order valence-electron chi connectivity index (χ2n) is 7.17. The third-order valence-corrected chi connectivity index (χ3v) is 6.03. The molecule has 31 heavy (non-hydrogen) atoms. The fourth-order valence-electron chi connectivity index (χ4n) is 3.47. The molecule has 0 bridgehead atoms. The largest absolute Gasteiger partial charge is 0.457 e. The van der Waals surface area contributed by atoms with Gasteiger partial charge in [-0.1, -0.05) is 35.3 Å². The number of nitrogens with zero attached hydrogens (tertiary/aromatic N) is 2. The molecule has 1 unspecified atom stereocenters. The zero-order chi connectivity index (χ0) is 22.3. The van der Waals surface area contributed by atoms with Gasteiger partial charge in [0.15, 0.2) is 6.17 Å². The van der Waals surface area contributed by atoms with Gasteiger partial charge in [-0.3, -0.25) is 4.79 Å². The summed E-state index contributed by atoms with van der Waals surface area (Å²) in [5.41, 5.74) is 3.37. The molecular formula is C23H17Cl2N3O2S. The van der Waals surface area contributed by atoms with Crippen molar-refractivity contribution in [2.45, 2.75) is 20.0 Å². The van der Waals surface area contributed by atoms with Crippen molar-refractivity contribution in [2.75, 3.05) is 4.90 Å². The third-order valence-electron chi connectivity index (χ3n) is 5.03. The van der Waals surface area contributed by atoms with Crippen molar-refractivity contribution in [3.63, 3.8) is 0 Å². The number of amides is 1. The maximum Gasteiger partial charge on any atom is 0.266 e. The van der Waals surface area contributed by atoms with Gasteiger partial charge in [0.1, 0.15) is 23.2 Å². The molecule has 4 rings (SSSR count). The number of aryl methyl sites for hydroxylation is 2. The van der Waals surface area contributed by atoms with E-state index in [0.717, 1.165) is 16.8 Å². The molecule has 1 amide bonds. The second-order valence-corrected chi connectivity index (χ2v) is 8.44. The SMILES string of the molecule is Cc1ccc(C)c(N2C(S)=C(C#N)C(=O)NC2c2ccc(-c3cc(Cl)ccc3Cl)o2)c1. The lowest BCUT2D eigenvalue weighted by Crippen LogP contribution is -2.46. The number of anilines is 1. The number of halogens is 2. The van der Waals surface area contributed by atoms with Gasteiger partial charge in [-0.15, -0.1) is 12.6 Å². The van der Waals surface area contributed by atoms with Gasteiger partial charge in [-0.05, 0) is 61.4 Å². The Morgan fingerprint density at radius 2 is 1.90 bits per heavy atom. The van der Waals surface area contributed by atoms with Crippen LogP contribution in [0, 0.1) is 25.2 Å². The number of carbonyl (C=O) groups excluding carboxylic acids is 1. The van der Waals surface area contributed by atoms with Crippen LogP contribution in [-0.4, -0.2) is 5.91 Å². The predicted molar refractivity (Wildman–Crippen MR) is 125 cm³/mol. The Kier molecular flexibility index (Phi) is 5.76. The fourth-order valence-corrected chi connectivity index (χ4v) is 4.22. The van der Waals surface area contributed by atoms with Gasteiger partial charge in [0.05, 0.1) is 10.1 Å². The minimum Gasteiger partial charge on any atom is -0.457 e. The molecular weight excluding hydrogens is 453 g/mol. The van der Waals surface area contributed by atoms with Crippen molar-refractivity contribution in [1.82, 2.24) is 5.32 Å². The van der Waals surface area contributed by atoms with Crippen LogP contribution in [0.2, 0.25) is 10.0 Å². The topological polar surface area (TPSA) is 69.3 Å². The molecule has 1 aliphatic rings. The highest BCUT2D eigenvalue weighted by Gasteiger charge is 2.36. The van der Waals surface area contributed by atoms with Gasteiger partial charge < -0.3 is 14.6 Å². The summed E-state index contributed by atoms with van der Waals surface area (Å²) in [5, 5.41) is 13.6. The minimum absolute atomic E-state index is 0.0647. The average molecular weight is 470 g/mol. The number of rotatable bonds is 3. The van der Waals surface area contributed by atoms with Crippen LogP contribution in [0.25, 0.3) is 11.3 Å². The molecule has 3 aromatic rings. The van der Waals surface area contributed by atoms with Crippen LogP contribution in [0.5, 0.6) is 0 Å². The summed E-state index contributed by atoms with van der Waals surface area (Å²) < 4.78 is 6.09. The standard InChI is InChI=1S/C23H17Cl2N3O2S/c1-12-3-4-13(2)18(9-12)28-21(27-22(29)16(11-26)23(28)31)20-8-7-19(30-20)15-10-14(24)5-6-17(15)25/h3-10,21,31H,1-2H3,(H,27,29). The van der Waals surface area contributed by atoms with Crippen LogP contribution < -0.4 is 10.2 Å². The van der Waals surface area contributed by atoms with Gasteiger partial charge in [-0.25, -0.2) is 0 Å². The van der Waals surface area contributed by atoms with Crippen LogP contribution in [0.4, 0.5) is 5.69 Å². The molecule has 0 saturated heterocycles. The first-order valence-corrected chi connectivity index (χ1v) is 10.6. The molecule has 156 valence electrons. The van der Waals surface area contributed by atoms with Crippen molar-refractivity contribution < 1.29 is 9.21 Å². The second kappa shape index (κ2) is 8.35. The molecule has 1 aliphatic heterocycles. The number of nitriles is 1. The summed E-state index contributed by atoms with van der Waals surface area (Å²) in [4.78, 5) is 14.4. The van der Waals surface area contributed by atoms with Gasteiger partial charge in [0, 0.05) is 16.3 Å². The summed E-state index contributed by atoms with van der Waals surface area (Å²) >= 11 is 17.0. The first-order chi connectivity index (χ1) is 14.8. The summed E-state index contributed by atoms with van der Waals surface area (Å²) in [6.07, 6.45) is -0.704. The molecule has 0 radical (unpaired) electrons. The number of carbonyl (C=O) groups is 1. The van der Waals surface area contributed by atoms with E-state index in [1.54, 1.807) is 35.2 Å². The first-order valence-electron chi connectivity index (χ1n) is 9.36. The number of furan rings is 1. The van der Waals surface area contributed by atoms with Gasteiger partial charge in [0.2, 0.25) is 0 Å². The smallest absolute Gasteiger partial charge is 0.266 e. The Morgan fingerprint density at radius 3 is 2.65 bits per heavy atom. The number of benzene rings is 2. The van der Waals surface area contributed by atoms with Crippen molar-refractivity contribution >= 4 is 47.4 Å². The molecule has 1 N–H and O–H groups in total. The molecule has 8 heteroatoms. The Hall–Kier alpha value is -2.85. The van der Waals surface area contributed by atoms with E-state index in [1.165, 1.54) is 0 Å². The van der Waals surface area contributed by atoms with E-state index < -0.39 is 12.1 Å². The van der Waals surface area contributed by atoms with Crippen LogP contribution in [-0.2, 0) is 4.79 Å². The number of nitrogens with one attached hydrogen (secondary N) is 1. The molecule has 0 fully saturated rings. The van der Waals surface area contributed by atoms with E-state index in [-0.39, 0.29) is 10.6 Å². The third kappa shape index (κ3) is 3.92. The zero-order valence-electron chi connectivity index (χ0n) is 16.6. The van der Waals surface area contributed by atoms with Gasteiger partial charge in [-0.2, -0.15) is 5.26 Å². The molecule has 1 atom stereocenters. The van der Waals surface area contributed by atoms with E-state index in [1.807, 2.05) is 38.1 Å². The molecule has 1 aromatic heterocycles. The summed E-state index contributed by atoms with van der Waals surface area (Å²) in [5.74, 6) is 0.454. The van der Waals surface area contributed by atoms with Crippen molar-refractivity contribution in [3.8, 4) is 17.4 Å². The lowest BCUT2D eigenvalue weighted by atomic mass is 10.1. The highest BCUT2D eigenvalue weighted by Crippen LogP contribution is 2.40. The molecule has 0 saturated carbocycles. The van der Waals surface area contributed by atoms with E-state index >= 15 is 0 Å².